The number of morpholine rings is 1. The van der Waals surface area contributed by atoms with Gasteiger partial charge >= 0.3 is 0 Å². The molecule has 2 saturated heterocycles. The zero-order valence-corrected chi connectivity index (χ0v) is 17.8. The van der Waals surface area contributed by atoms with Gasteiger partial charge in [0, 0.05) is 19.6 Å². The summed E-state index contributed by atoms with van der Waals surface area (Å²) in [5.41, 5.74) is 0.669. The lowest BCUT2D eigenvalue weighted by Gasteiger charge is -2.45. The Bertz CT molecular complexity index is 1000. The van der Waals surface area contributed by atoms with E-state index in [1.165, 1.54) is 12.1 Å². The lowest BCUT2D eigenvalue weighted by atomic mass is 9.71. The fourth-order valence-electron chi connectivity index (χ4n) is 4.67. The van der Waals surface area contributed by atoms with E-state index in [0.29, 0.717) is 44.6 Å². The van der Waals surface area contributed by atoms with Crippen LogP contribution in [0.4, 0.5) is 8.78 Å². The Morgan fingerprint density at radius 3 is 2.38 bits per heavy atom. The van der Waals surface area contributed by atoms with Crippen LogP contribution in [0.25, 0.3) is 0 Å². The molecule has 0 bridgehead atoms. The van der Waals surface area contributed by atoms with Crippen LogP contribution < -0.4 is 0 Å². The number of hydrogen-bond acceptors (Lipinski definition) is 3. The van der Waals surface area contributed by atoms with Crippen LogP contribution in [-0.4, -0.2) is 54.4 Å². The molecule has 0 N–H and O–H groups in total. The Kier molecular flexibility index (Phi) is 6.37. The number of ether oxygens (including phenoxy) is 1. The van der Waals surface area contributed by atoms with Gasteiger partial charge in [0.2, 0.25) is 11.8 Å². The molecule has 2 amide bonds. The first kappa shape index (κ1) is 22.1. The van der Waals surface area contributed by atoms with Gasteiger partial charge in [0.15, 0.2) is 11.6 Å². The maximum absolute atomic E-state index is 13.9. The molecular weight excluding hydrogens is 414 g/mol. The Labute approximate surface area is 186 Å². The maximum atomic E-state index is 13.9. The molecule has 0 aromatic heterocycles. The molecular formula is C25H26F2N2O3. The first-order valence-corrected chi connectivity index (χ1v) is 10.8. The molecule has 5 nitrogen and oxygen atoms in total. The number of carbonyl (C=O) groups is 2. The zero-order valence-electron chi connectivity index (χ0n) is 17.8. The van der Waals surface area contributed by atoms with E-state index < -0.39 is 23.2 Å². The second-order valence-corrected chi connectivity index (χ2v) is 8.26. The summed E-state index contributed by atoms with van der Waals surface area (Å²) >= 11 is 0. The van der Waals surface area contributed by atoms with Crippen molar-refractivity contribution in [2.75, 3.05) is 32.8 Å². The van der Waals surface area contributed by atoms with Crippen molar-refractivity contribution >= 4 is 11.8 Å². The fraction of sp³-hybridized carbons (Fsp3) is 0.360. The molecule has 32 heavy (non-hydrogen) atoms. The standard InChI is InChI=1S/C25H26F2N2O3/c1-2-23(30)28-12-10-25(11-13-28,19-6-4-3-5-7-19)24(31)29-14-15-32-22(17-29)18-8-9-20(26)21(27)16-18/h2-9,16,22H,1,10-15,17H2. The van der Waals surface area contributed by atoms with Gasteiger partial charge in [-0.1, -0.05) is 43.0 Å². The average Bonchev–Trinajstić information content (AvgIpc) is 2.85. The topological polar surface area (TPSA) is 49.9 Å². The zero-order chi connectivity index (χ0) is 22.7. The Balaban J connectivity index is 1.59. The molecule has 4 rings (SSSR count). The van der Waals surface area contributed by atoms with Crippen LogP contribution in [0.5, 0.6) is 0 Å². The van der Waals surface area contributed by atoms with E-state index in [0.717, 1.165) is 17.7 Å². The molecule has 0 aliphatic carbocycles. The van der Waals surface area contributed by atoms with Gasteiger partial charge in [-0.05, 0) is 42.2 Å². The molecule has 168 valence electrons. The highest BCUT2D eigenvalue weighted by molar-refractivity contribution is 5.90. The molecule has 2 heterocycles. The molecule has 1 atom stereocenters. The van der Waals surface area contributed by atoms with Crippen LogP contribution in [0.1, 0.15) is 30.1 Å². The van der Waals surface area contributed by atoms with E-state index in [2.05, 4.69) is 6.58 Å². The molecule has 0 radical (unpaired) electrons. The smallest absolute Gasteiger partial charge is 0.245 e. The number of amides is 2. The molecule has 2 fully saturated rings. The van der Waals surface area contributed by atoms with Crippen LogP contribution >= 0.6 is 0 Å². The number of rotatable bonds is 4. The van der Waals surface area contributed by atoms with E-state index >= 15 is 0 Å². The highest BCUT2D eigenvalue weighted by Crippen LogP contribution is 2.39. The second kappa shape index (κ2) is 9.20. The number of benzene rings is 2. The van der Waals surface area contributed by atoms with Crippen molar-refractivity contribution in [2.45, 2.75) is 24.4 Å². The third kappa shape index (κ3) is 4.17. The van der Waals surface area contributed by atoms with Crippen molar-refractivity contribution in [1.82, 2.24) is 9.80 Å². The number of hydrogen-bond donors (Lipinski definition) is 0. The molecule has 2 aliphatic rings. The number of carbonyl (C=O) groups excluding carboxylic acids is 2. The summed E-state index contributed by atoms with van der Waals surface area (Å²) in [6, 6.07) is 13.3. The minimum atomic E-state index is -0.936. The SMILES string of the molecule is C=CC(=O)N1CCC(C(=O)N2CCOC(c3ccc(F)c(F)c3)C2)(c2ccccc2)CC1. The van der Waals surface area contributed by atoms with Crippen LogP contribution in [0.15, 0.2) is 61.2 Å². The first-order valence-electron chi connectivity index (χ1n) is 10.8. The average molecular weight is 440 g/mol. The van der Waals surface area contributed by atoms with E-state index in [1.54, 1.807) is 9.80 Å². The van der Waals surface area contributed by atoms with Crippen LogP contribution in [-0.2, 0) is 19.7 Å². The minimum Gasteiger partial charge on any atom is -0.370 e. The van der Waals surface area contributed by atoms with E-state index in [1.807, 2.05) is 30.3 Å². The summed E-state index contributed by atoms with van der Waals surface area (Å²) in [6.45, 7) is 5.46. The number of piperidine rings is 1. The van der Waals surface area contributed by atoms with Crippen molar-refractivity contribution in [3.8, 4) is 0 Å². The van der Waals surface area contributed by atoms with Crippen LogP contribution in [0.2, 0.25) is 0 Å². The molecule has 0 saturated carbocycles. The van der Waals surface area contributed by atoms with Gasteiger partial charge in [-0.3, -0.25) is 9.59 Å². The van der Waals surface area contributed by atoms with E-state index in [-0.39, 0.29) is 18.4 Å². The van der Waals surface area contributed by atoms with Crippen molar-refractivity contribution in [1.29, 1.82) is 0 Å². The molecule has 2 aromatic rings. The number of likely N-dealkylation sites (tertiary alicyclic amines) is 1. The molecule has 1 unspecified atom stereocenters. The lowest BCUT2D eigenvalue weighted by Crippen LogP contribution is -2.56. The van der Waals surface area contributed by atoms with Gasteiger partial charge < -0.3 is 14.5 Å². The van der Waals surface area contributed by atoms with Gasteiger partial charge in [-0.2, -0.15) is 0 Å². The van der Waals surface area contributed by atoms with Crippen molar-refractivity contribution in [3.05, 3.63) is 83.9 Å². The van der Waals surface area contributed by atoms with Gasteiger partial charge in [0.25, 0.3) is 0 Å². The van der Waals surface area contributed by atoms with Gasteiger partial charge in [0.1, 0.15) is 6.10 Å². The largest absolute Gasteiger partial charge is 0.370 e. The third-order valence-electron chi connectivity index (χ3n) is 6.51. The van der Waals surface area contributed by atoms with Crippen molar-refractivity contribution in [2.24, 2.45) is 0 Å². The predicted molar refractivity (Wildman–Crippen MR) is 116 cm³/mol. The fourth-order valence-corrected chi connectivity index (χ4v) is 4.67. The minimum absolute atomic E-state index is 0.0229. The van der Waals surface area contributed by atoms with Crippen LogP contribution in [0, 0.1) is 11.6 Å². The Morgan fingerprint density at radius 1 is 1.00 bits per heavy atom. The van der Waals surface area contributed by atoms with E-state index in [4.69, 9.17) is 4.74 Å². The summed E-state index contributed by atoms with van der Waals surface area (Å²) in [6.07, 6.45) is 1.77. The number of halogens is 2. The molecule has 7 heteroatoms. The van der Waals surface area contributed by atoms with Crippen molar-refractivity contribution in [3.63, 3.8) is 0 Å². The Hall–Kier alpha value is -3.06. The summed E-state index contributed by atoms with van der Waals surface area (Å²) in [5.74, 6) is -2.01. The summed E-state index contributed by atoms with van der Waals surface area (Å²) in [4.78, 5) is 29.5. The monoisotopic (exact) mass is 440 g/mol. The van der Waals surface area contributed by atoms with E-state index in [9.17, 15) is 18.4 Å². The maximum Gasteiger partial charge on any atom is 0.245 e. The molecule has 0 spiro atoms. The normalized spacial score (nSPS) is 20.6. The van der Waals surface area contributed by atoms with Crippen molar-refractivity contribution < 1.29 is 23.1 Å². The van der Waals surface area contributed by atoms with Gasteiger partial charge in [-0.15, -0.1) is 0 Å². The molecule has 2 aliphatic heterocycles. The Morgan fingerprint density at radius 2 is 1.72 bits per heavy atom. The van der Waals surface area contributed by atoms with Gasteiger partial charge in [0.05, 0.1) is 18.6 Å². The van der Waals surface area contributed by atoms with Crippen LogP contribution in [0.3, 0.4) is 0 Å². The number of nitrogens with zero attached hydrogens (tertiary/aromatic N) is 2. The summed E-state index contributed by atoms with van der Waals surface area (Å²) < 4.78 is 32.9. The third-order valence-corrected chi connectivity index (χ3v) is 6.51. The highest BCUT2D eigenvalue weighted by Gasteiger charge is 2.46. The quantitative estimate of drug-likeness (QED) is 0.683. The summed E-state index contributed by atoms with van der Waals surface area (Å²) in [5, 5.41) is 0. The van der Waals surface area contributed by atoms with Gasteiger partial charge in [-0.25, -0.2) is 8.78 Å². The second-order valence-electron chi connectivity index (χ2n) is 8.26. The lowest BCUT2D eigenvalue weighted by molar-refractivity contribution is -0.148. The highest BCUT2D eigenvalue weighted by atomic mass is 19.2. The first-order chi connectivity index (χ1) is 15.4. The predicted octanol–water partition coefficient (Wildman–Crippen LogP) is 3.61. The molecule has 2 aromatic carbocycles. The summed E-state index contributed by atoms with van der Waals surface area (Å²) in [7, 11) is 0.